The molecule has 0 unspecified atom stereocenters. The number of benzene rings is 4. The second-order valence-corrected chi connectivity index (χ2v) is 8.46. The van der Waals surface area contributed by atoms with E-state index in [1.165, 1.54) is 0 Å². The molecule has 4 rings (SSSR count). The topological polar surface area (TPSA) is 78.9 Å². The first kappa shape index (κ1) is 24.8. The number of para-hydroxylation sites is 1. The molecule has 4 aromatic rings. The molecular weight excluding hydrogens is 452 g/mol. The summed E-state index contributed by atoms with van der Waals surface area (Å²) in [4.78, 5) is 25.5. The van der Waals surface area contributed by atoms with Gasteiger partial charge in [0, 0.05) is 24.2 Å². The van der Waals surface area contributed by atoms with Gasteiger partial charge < -0.3 is 15.2 Å². The van der Waals surface area contributed by atoms with Crippen LogP contribution in [0.25, 0.3) is 21.9 Å². The molecule has 4 aromatic carbocycles. The van der Waals surface area contributed by atoms with E-state index in [-0.39, 0.29) is 12.5 Å². The van der Waals surface area contributed by atoms with Crippen molar-refractivity contribution in [2.45, 2.75) is 19.8 Å². The number of carbonyl (C=O) groups is 2. The number of nitrogens with zero attached hydrogens (tertiary/aromatic N) is 1. The lowest BCUT2D eigenvalue weighted by Gasteiger charge is -2.23. The van der Waals surface area contributed by atoms with Crippen molar-refractivity contribution in [1.29, 1.82) is 0 Å². The third-order valence-corrected chi connectivity index (χ3v) is 5.95. The minimum Gasteiger partial charge on any atom is -0.491 e. The molecule has 0 aliphatic rings. The third-order valence-electron chi connectivity index (χ3n) is 5.95. The molecule has 0 aliphatic heterocycles. The standard InChI is InChI=1S/C30H30N2O4/c1-2-31-30(35)32(26-10-4-3-5-11-26)18-19-36-28-16-12-22(13-17-29(33)34)20-27(28)25-15-14-23-8-6-7-9-24(23)21-25/h3-12,14-16,20-21H,2,13,17-19H2,1H3,(H,31,35)(H,33,34). The molecular formula is C30H30N2O4. The first-order valence-electron chi connectivity index (χ1n) is 12.1. The number of fused-ring (bicyclic) bond motifs is 1. The molecule has 0 radical (unpaired) electrons. The van der Waals surface area contributed by atoms with Gasteiger partial charge in [-0.25, -0.2) is 4.79 Å². The highest BCUT2D eigenvalue weighted by molar-refractivity contribution is 5.92. The highest BCUT2D eigenvalue weighted by Crippen LogP contribution is 2.33. The summed E-state index contributed by atoms with van der Waals surface area (Å²) < 4.78 is 6.23. The van der Waals surface area contributed by atoms with Gasteiger partial charge in [-0.2, -0.15) is 0 Å². The zero-order valence-electron chi connectivity index (χ0n) is 20.3. The minimum absolute atomic E-state index is 0.0654. The quantitative estimate of drug-likeness (QED) is 0.285. The van der Waals surface area contributed by atoms with Gasteiger partial charge >= 0.3 is 12.0 Å². The molecule has 0 spiro atoms. The van der Waals surface area contributed by atoms with Crippen LogP contribution in [-0.4, -0.2) is 36.8 Å². The SMILES string of the molecule is CCNC(=O)N(CCOc1ccc(CCC(=O)O)cc1-c1ccc2ccccc2c1)c1ccccc1. The van der Waals surface area contributed by atoms with E-state index in [1.807, 2.05) is 67.6 Å². The highest BCUT2D eigenvalue weighted by Gasteiger charge is 2.16. The van der Waals surface area contributed by atoms with Crippen molar-refractivity contribution in [3.05, 3.63) is 96.6 Å². The second-order valence-electron chi connectivity index (χ2n) is 8.46. The van der Waals surface area contributed by atoms with E-state index in [1.54, 1.807) is 4.90 Å². The van der Waals surface area contributed by atoms with Crippen LogP contribution in [0.4, 0.5) is 10.5 Å². The Hall–Kier alpha value is -4.32. The Balaban J connectivity index is 1.59. The summed E-state index contributed by atoms with van der Waals surface area (Å²) >= 11 is 0. The van der Waals surface area contributed by atoms with Gasteiger partial charge in [-0.3, -0.25) is 9.69 Å². The Morgan fingerprint density at radius 3 is 2.39 bits per heavy atom. The number of ether oxygens (including phenoxy) is 1. The zero-order chi connectivity index (χ0) is 25.3. The molecule has 36 heavy (non-hydrogen) atoms. The van der Waals surface area contributed by atoms with Crippen LogP contribution in [0.1, 0.15) is 18.9 Å². The minimum atomic E-state index is -0.825. The number of aryl methyl sites for hydroxylation is 1. The summed E-state index contributed by atoms with van der Waals surface area (Å²) in [5.41, 5.74) is 3.62. The summed E-state index contributed by atoms with van der Waals surface area (Å²) in [6, 6.07) is 29.5. The van der Waals surface area contributed by atoms with Crippen molar-refractivity contribution < 1.29 is 19.4 Å². The predicted octanol–water partition coefficient (Wildman–Crippen LogP) is 6.14. The molecule has 0 aliphatic carbocycles. The summed E-state index contributed by atoms with van der Waals surface area (Å²) in [6.07, 6.45) is 0.505. The number of urea groups is 1. The molecule has 2 N–H and O–H groups in total. The van der Waals surface area contributed by atoms with E-state index >= 15 is 0 Å². The van der Waals surface area contributed by atoms with Gasteiger partial charge in [0.25, 0.3) is 0 Å². The number of amides is 2. The second kappa shape index (κ2) is 11.9. The monoisotopic (exact) mass is 482 g/mol. The van der Waals surface area contributed by atoms with Crippen LogP contribution in [0.5, 0.6) is 5.75 Å². The van der Waals surface area contributed by atoms with E-state index in [9.17, 15) is 9.59 Å². The van der Waals surface area contributed by atoms with Crippen molar-refractivity contribution in [1.82, 2.24) is 5.32 Å². The van der Waals surface area contributed by atoms with Crippen molar-refractivity contribution >= 4 is 28.5 Å². The van der Waals surface area contributed by atoms with Crippen LogP contribution >= 0.6 is 0 Å². The zero-order valence-corrected chi connectivity index (χ0v) is 20.3. The maximum absolute atomic E-state index is 12.7. The van der Waals surface area contributed by atoms with E-state index in [0.717, 1.165) is 33.2 Å². The highest BCUT2D eigenvalue weighted by atomic mass is 16.5. The number of rotatable bonds is 10. The number of carboxylic acids is 1. The smallest absolute Gasteiger partial charge is 0.321 e. The number of hydrogen-bond acceptors (Lipinski definition) is 3. The summed E-state index contributed by atoms with van der Waals surface area (Å²) in [7, 11) is 0. The number of aliphatic carboxylic acids is 1. The average molecular weight is 483 g/mol. The summed E-state index contributed by atoms with van der Waals surface area (Å²) in [5.74, 6) is -0.137. The molecule has 0 bridgehead atoms. The fraction of sp³-hybridized carbons (Fsp3) is 0.200. The maximum Gasteiger partial charge on any atom is 0.321 e. The van der Waals surface area contributed by atoms with Crippen LogP contribution in [0, 0.1) is 0 Å². The molecule has 0 fully saturated rings. The van der Waals surface area contributed by atoms with Gasteiger partial charge in [-0.15, -0.1) is 0 Å². The fourth-order valence-electron chi connectivity index (χ4n) is 4.14. The van der Waals surface area contributed by atoms with Crippen molar-refractivity contribution in [3.8, 4) is 16.9 Å². The van der Waals surface area contributed by atoms with E-state index in [2.05, 4.69) is 35.6 Å². The Morgan fingerprint density at radius 2 is 1.64 bits per heavy atom. The number of carbonyl (C=O) groups excluding carboxylic acids is 1. The van der Waals surface area contributed by atoms with Gasteiger partial charge in [0.05, 0.1) is 6.54 Å². The van der Waals surface area contributed by atoms with E-state index < -0.39 is 5.97 Å². The molecule has 184 valence electrons. The third kappa shape index (κ3) is 6.21. The number of hydrogen-bond donors (Lipinski definition) is 2. The average Bonchev–Trinajstić information content (AvgIpc) is 2.90. The normalized spacial score (nSPS) is 10.7. The molecule has 2 amide bonds. The van der Waals surface area contributed by atoms with Gasteiger partial charge in [0.15, 0.2) is 0 Å². The van der Waals surface area contributed by atoms with Gasteiger partial charge in [-0.05, 0) is 65.6 Å². The van der Waals surface area contributed by atoms with Crippen LogP contribution in [0.2, 0.25) is 0 Å². The van der Waals surface area contributed by atoms with E-state index in [0.29, 0.717) is 31.9 Å². The van der Waals surface area contributed by atoms with Gasteiger partial charge in [0.1, 0.15) is 12.4 Å². The molecule has 0 saturated heterocycles. The van der Waals surface area contributed by atoms with Crippen LogP contribution in [0.15, 0.2) is 91.0 Å². The van der Waals surface area contributed by atoms with Crippen LogP contribution in [0.3, 0.4) is 0 Å². The molecule has 0 saturated carbocycles. The van der Waals surface area contributed by atoms with Crippen LogP contribution in [-0.2, 0) is 11.2 Å². The molecule has 6 nitrogen and oxygen atoms in total. The van der Waals surface area contributed by atoms with Crippen molar-refractivity contribution in [2.24, 2.45) is 0 Å². The lowest BCUT2D eigenvalue weighted by molar-refractivity contribution is -0.136. The maximum atomic E-state index is 12.7. The number of nitrogens with one attached hydrogen (secondary N) is 1. The van der Waals surface area contributed by atoms with Gasteiger partial charge in [0.2, 0.25) is 0 Å². The Bertz CT molecular complexity index is 1340. The summed E-state index contributed by atoms with van der Waals surface area (Å²) in [6.45, 7) is 3.08. The first-order valence-corrected chi connectivity index (χ1v) is 12.1. The predicted molar refractivity (Wildman–Crippen MR) is 144 cm³/mol. The van der Waals surface area contributed by atoms with Crippen molar-refractivity contribution in [2.75, 3.05) is 24.6 Å². The molecule has 0 heterocycles. The van der Waals surface area contributed by atoms with Gasteiger partial charge in [-0.1, -0.05) is 60.7 Å². The first-order chi connectivity index (χ1) is 17.5. The molecule has 0 atom stereocenters. The molecule has 0 aromatic heterocycles. The Morgan fingerprint density at radius 1 is 0.889 bits per heavy atom. The number of anilines is 1. The largest absolute Gasteiger partial charge is 0.491 e. The Kier molecular flexibility index (Phi) is 8.19. The van der Waals surface area contributed by atoms with Crippen LogP contribution < -0.4 is 15.0 Å². The number of carboxylic acid groups (broad SMARTS) is 1. The Labute approximate surface area is 211 Å². The molecule has 6 heteroatoms. The fourth-order valence-corrected chi connectivity index (χ4v) is 4.14. The van der Waals surface area contributed by atoms with Crippen molar-refractivity contribution in [3.63, 3.8) is 0 Å². The lowest BCUT2D eigenvalue weighted by atomic mass is 9.97. The lowest BCUT2D eigenvalue weighted by Crippen LogP contribution is -2.42. The van der Waals surface area contributed by atoms with E-state index in [4.69, 9.17) is 9.84 Å². The summed E-state index contributed by atoms with van der Waals surface area (Å²) in [5, 5.41) is 14.2.